The predicted molar refractivity (Wildman–Crippen MR) is 68.0 cm³/mol. The number of halogens is 1. The second-order valence-corrected chi connectivity index (χ2v) is 3.92. The average molecular weight is 255 g/mol. The Labute approximate surface area is 109 Å². The molecule has 0 atom stereocenters. The lowest BCUT2D eigenvalue weighted by molar-refractivity contribution is 0.102. The molecule has 0 aliphatic heterocycles. The van der Waals surface area contributed by atoms with Gasteiger partial charge in [0, 0.05) is 11.4 Å². The van der Waals surface area contributed by atoms with E-state index in [1.54, 1.807) is 31.2 Å². The number of carbonyl (C=O) groups is 1. The topological polar surface area (TPSA) is 65.8 Å². The molecule has 0 fully saturated rings. The number of nitrogens with one attached hydrogen (secondary N) is 1. The van der Waals surface area contributed by atoms with Gasteiger partial charge in [0.05, 0.1) is 5.56 Å². The van der Waals surface area contributed by atoms with Gasteiger partial charge >= 0.3 is 0 Å². The van der Waals surface area contributed by atoms with Crippen LogP contribution >= 0.6 is 0 Å². The first-order chi connectivity index (χ1) is 9.10. The van der Waals surface area contributed by atoms with E-state index in [4.69, 9.17) is 5.26 Å². The van der Waals surface area contributed by atoms with Gasteiger partial charge in [-0.2, -0.15) is 5.26 Å². The molecular formula is C14H10FN3O. The van der Waals surface area contributed by atoms with Gasteiger partial charge in [0.25, 0.3) is 5.91 Å². The van der Waals surface area contributed by atoms with Crippen molar-refractivity contribution in [3.05, 3.63) is 59.2 Å². The molecule has 1 aromatic carbocycles. The number of carbonyl (C=O) groups excluding carboxylic acids is 1. The van der Waals surface area contributed by atoms with Gasteiger partial charge in [-0.25, -0.2) is 9.37 Å². The maximum absolute atomic E-state index is 13.1. The zero-order chi connectivity index (χ0) is 13.8. The van der Waals surface area contributed by atoms with Gasteiger partial charge in [0.1, 0.15) is 17.6 Å². The van der Waals surface area contributed by atoms with E-state index in [9.17, 15) is 9.18 Å². The quantitative estimate of drug-likeness (QED) is 0.897. The molecule has 1 heterocycles. The summed E-state index contributed by atoms with van der Waals surface area (Å²) in [6.45, 7) is 1.78. The molecule has 1 aromatic heterocycles. The molecule has 0 spiro atoms. The highest BCUT2D eigenvalue weighted by Crippen LogP contribution is 2.14. The number of aromatic nitrogens is 1. The fourth-order valence-electron chi connectivity index (χ4n) is 1.55. The summed E-state index contributed by atoms with van der Waals surface area (Å²) in [5, 5.41) is 11.3. The van der Waals surface area contributed by atoms with Crippen molar-refractivity contribution in [1.29, 1.82) is 5.26 Å². The lowest BCUT2D eigenvalue weighted by Gasteiger charge is -2.05. The molecular weight excluding hydrogens is 245 g/mol. The third-order valence-electron chi connectivity index (χ3n) is 2.47. The van der Waals surface area contributed by atoms with Crippen molar-refractivity contribution >= 4 is 11.6 Å². The van der Waals surface area contributed by atoms with Crippen LogP contribution < -0.4 is 5.32 Å². The molecule has 94 valence electrons. The zero-order valence-corrected chi connectivity index (χ0v) is 10.1. The van der Waals surface area contributed by atoms with E-state index in [0.717, 1.165) is 11.8 Å². The van der Waals surface area contributed by atoms with Crippen LogP contribution in [0.4, 0.5) is 10.1 Å². The van der Waals surface area contributed by atoms with E-state index in [1.165, 1.54) is 12.1 Å². The first-order valence-electron chi connectivity index (χ1n) is 5.55. The molecule has 0 saturated carbocycles. The molecule has 1 N–H and O–H groups in total. The van der Waals surface area contributed by atoms with Crippen LogP contribution in [0.15, 0.2) is 36.4 Å². The lowest BCUT2D eigenvalue weighted by atomic mass is 10.2. The number of hydrogen-bond acceptors (Lipinski definition) is 3. The zero-order valence-electron chi connectivity index (χ0n) is 10.1. The number of anilines is 1. The number of amides is 1. The Kier molecular flexibility index (Phi) is 3.53. The molecule has 5 heteroatoms. The van der Waals surface area contributed by atoms with Gasteiger partial charge in [-0.1, -0.05) is 6.07 Å². The van der Waals surface area contributed by atoms with Crippen LogP contribution in [0.2, 0.25) is 0 Å². The Bertz CT molecular complexity index is 677. The smallest absolute Gasteiger partial charge is 0.274 e. The largest absolute Gasteiger partial charge is 0.321 e. The minimum Gasteiger partial charge on any atom is -0.321 e. The van der Waals surface area contributed by atoms with Gasteiger partial charge in [-0.15, -0.1) is 0 Å². The Hall–Kier alpha value is -2.74. The van der Waals surface area contributed by atoms with Crippen molar-refractivity contribution in [2.24, 2.45) is 0 Å². The number of hydrogen-bond donors (Lipinski definition) is 1. The molecule has 4 nitrogen and oxygen atoms in total. The van der Waals surface area contributed by atoms with Crippen LogP contribution in [0.25, 0.3) is 0 Å². The maximum Gasteiger partial charge on any atom is 0.274 e. The first kappa shape index (κ1) is 12.7. The number of benzene rings is 1. The average Bonchev–Trinajstić information content (AvgIpc) is 2.41. The minimum atomic E-state index is -0.617. The van der Waals surface area contributed by atoms with Gasteiger partial charge in [0.15, 0.2) is 0 Å². The summed E-state index contributed by atoms with van der Waals surface area (Å²) in [7, 11) is 0. The summed E-state index contributed by atoms with van der Waals surface area (Å²) in [6, 6.07) is 10.6. The van der Waals surface area contributed by atoms with Crippen LogP contribution in [-0.4, -0.2) is 10.9 Å². The van der Waals surface area contributed by atoms with Crippen molar-refractivity contribution in [2.45, 2.75) is 6.92 Å². The normalized spacial score (nSPS) is 9.74. The Morgan fingerprint density at radius 2 is 2.16 bits per heavy atom. The minimum absolute atomic E-state index is 0.116. The Balaban J connectivity index is 2.22. The molecule has 0 aliphatic rings. The number of aryl methyl sites for hydroxylation is 1. The van der Waals surface area contributed by atoms with E-state index in [1.807, 2.05) is 0 Å². The summed E-state index contributed by atoms with van der Waals surface area (Å²) < 4.78 is 13.1. The molecule has 0 unspecified atom stereocenters. The number of nitrogens with zero attached hydrogens (tertiary/aromatic N) is 2. The highest BCUT2D eigenvalue weighted by Gasteiger charge is 2.09. The highest BCUT2D eigenvalue weighted by atomic mass is 19.1. The summed E-state index contributed by atoms with van der Waals surface area (Å²) in [6.07, 6.45) is 0. The van der Waals surface area contributed by atoms with E-state index in [-0.39, 0.29) is 11.3 Å². The number of pyridine rings is 1. The van der Waals surface area contributed by atoms with Gasteiger partial charge in [0.2, 0.25) is 0 Å². The summed E-state index contributed by atoms with van der Waals surface area (Å²) in [4.78, 5) is 16.0. The third kappa shape index (κ3) is 2.93. The van der Waals surface area contributed by atoms with Crippen LogP contribution in [-0.2, 0) is 0 Å². The molecule has 1 amide bonds. The Morgan fingerprint density at radius 1 is 1.37 bits per heavy atom. The van der Waals surface area contributed by atoms with Crippen molar-refractivity contribution < 1.29 is 9.18 Å². The van der Waals surface area contributed by atoms with Gasteiger partial charge < -0.3 is 5.32 Å². The highest BCUT2D eigenvalue weighted by molar-refractivity contribution is 6.02. The monoisotopic (exact) mass is 255 g/mol. The summed E-state index contributed by atoms with van der Waals surface area (Å²) >= 11 is 0. The molecule has 2 aromatic rings. The summed E-state index contributed by atoms with van der Waals surface area (Å²) in [5.41, 5.74) is 1.23. The number of nitriles is 1. The van der Waals surface area contributed by atoms with Crippen LogP contribution in [0.3, 0.4) is 0 Å². The number of rotatable bonds is 2. The first-order valence-corrected chi connectivity index (χ1v) is 5.55. The predicted octanol–water partition coefficient (Wildman–Crippen LogP) is 2.65. The van der Waals surface area contributed by atoms with Crippen molar-refractivity contribution in [3.8, 4) is 6.07 Å². The summed E-state index contributed by atoms with van der Waals surface area (Å²) in [5.74, 6) is -1.02. The molecule has 2 rings (SSSR count). The Morgan fingerprint density at radius 3 is 2.84 bits per heavy atom. The third-order valence-corrected chi connectivity index (χ3v) is 2.47. The van der Waals surface area contributed by atoms with Crippen molar-refractivity contribution in [2.75, 3.05) is 5.32 Å². The van der Waals surface area contributed by atoms with E-state index in [0.29, 0.717) is 5.69 Å². The second-order valence-electron chi connectivity index (χ2n) is 3.92. The van der Waals surface area contributed by atoms with Crippen LogP contribution in [0.1, 0.15) is 21.7 Å². The molecule has 0 radical (unpaired) electrons. The molecule has 0 aliphatic carbocycles. The van der Waals surface area contributed by atoms with E-state index < -0.39 is 11.7 Å². The molecule has 0 bridgehead atoms. The van der Waals surface area contributed by atoms with Gasteiger partial charge in [-0.05, 0) is 37.3 Å². The maximum atomic E-state index is 13.1. The molecule has 19 heavy (non-hydrogen) atoms. The van der Waals surface area contributed by atoms with E-state index >= 15 is 0 Å². The molecule has 0 saturated heterocycles. The lowest BCUT2D eigenvalue weighted by Crippen LogP contribution is -2.14. The van der Waals surface area contributed by atoms with Crippen LogP contribution in [0, 0.1) is 24.1 Å². The van der Waals surface area contributed by atoms with Crippen molar-refractivity contribution in [1.82, 2.24) is 4.98 Å². The fourth-order valence-corrected chi connectivity index (χ4v) is 1.55. The van der Waals surface area contributed by atoms with Crippen LogP contribution in [0.5, 0.6) is 0 Å². The van der Waals surface area contributed by atoms with Crippen molar-refractivity contribution in [3.63, 3.8) is 0 Å². The fraction of sp³-hybridized carbons (Fsp3) is 0.0714. The van der Waals surface area contributed by atoms with E-state index in [2.05, 4.69) is 10.3 Å². The second kappa shape index (κ2) is 5.27. The standard InChI is InChI=1S/C14H10FN3O/c1-9-3-2-4-13(17-9)14(19)18-11-5-6-12(15)10(7-11)8-16/h2-7H,1H3,(H,18,19). The SMILES string of the molecule is Cc1cccc(C(=O)Nc2ccc(F)c(C#N)c2)n1. The van der Waals surface area contributed by atoms with Gasteiger partial charge in [-0.3, -0.25) is 4.79 Å².